The van der Waals surface area contributed by atoms with Crippen LogP contribution in [0, 0.1) is 12.7 Å². The first-order valence-corrected chi connectivity index (χ1v) is 7.08. The molecule has 19 heavy (non-hydrogen) atoms. The third kappa shape index (κ3) is 3.42. The predicted molar refractivity (Wildman–Crippen MR) is 80.9 cm³/mol. The Morgan fingerprint density at radius 2 is 1.84 bits per heavy atom. The molecule has 5 heteroatoms. The second-order valence-electron chi connectivity index (χ2n) is 4.06. The highest BCUT2D eigenvalue weighted by Crippen LogP contribution is 2.25. The molecule has 0 saturated carbocycles. The van der Waals surface area contributed by atoms with Crippen molar-refractivity contribution in [3.8, 4) is 0 Å². The fourth-order valence-electron chi connectivity index (χ4n) is 1.60. The molecule has 0 unspecified atom stereocenters. The van der Waals surface area contributed by atoms with E-state index < -0.39 is 0 Å². The average Bonchev–Trinajstić information content (AvgIpc) is 2.33. The lowest BCUT2D eigenvalue weighted by Crippen LogP contribution is -2.13. The highest BCUT2D eigenvalue weighted by Gasteiger charge is 2.12. The van der Waals surface area contributed by atoms with Gasteiger partial charge in [0.15, 0.2) is 0 Å². The molecule has 2 nitrogen and oxygen atoms in total. The molecule has 0 aromatic heterocycles. The molecule has 0 atom stereocenters. The summed E-state index contributed by atoms with van der Waals surface area (Å²) in [5.74, 6) is -0.682. The Morgan fingerprint density at radius 3 is 2.53 bits per heavy atom. The summed E-state index contributed by atoms with van der Waals surface area (Å²) < 4.78 is 14.2. The number of nitrogens with one attached hydrogen (secondary N) is 1. The van der Waals surface area contributed by atoms with E-state index in [1.807, 2.05) is 25.1 Å². The lowest BCUT2D eigenvalue weighted by Gasteiger charge is -2.09. The van der Waals surface area contributed by atoms with E-state index in [-0.39, 0.29) is 11.7 Å². The number of rotatable bonds is 2. The van der Waals surface area contributed by atoms with Gasteiger partial charge in [-0.2, -0.15) is 0 Å². The molecular formula is C14H10Br2FNO. The van der Waals surface area contributed by atoms with Gasteiger partial charge in [0.05, 0.1) is 11.3 Å². The van der Waals surface area contributed by atoms with Crippen LogP contribution in [0.2, 0.25) is 0 Å². The summed E-state index contributed by atoms with van der Waals surface area (Å²) in [6.45, 7) is 1.94. The van der Waals surface area contributed by atoms with Crippen molar-refractivity contribution in [3.63, 3.8) is 0 Å². The monoisotopic (exact) mass is 385 g/mol. The van der Waals surface area contributed by atoms with Crippen LogP contribution in [0.15, 0.2) is 45.3 Å². The standard InChI is InChI=1S/C14H10Br2FNO/c1-8-2-5-11(15)13(6-8)18-14(19)10-4-3-9(17)7-12(10)16/h2-7H,1H3,(H,18,19). The van der Waals surface area contributed by atoms with Crippen LogP contribution in [-0.2, 0) is 0 Å². The molecule has 1 N–H and O–H groups in total. The quantitative estimate of drug-likeness (QED) is 0.780. The Bertz CT molecular complexity index is 643. The largest absolute Gasteiger partial charge is 0.321 e. The maximum atomic E-state index is 13.0. The number of benzene rings is 2. The molecule has 0 aliphatic rings. The molecule has 0 bridgehead atoms. The normalized spacial score (nSPS) is 10.3. The first kappa shape index (κ1) is 14.2. The number of carbonyl (C=O) groups is 1. The van der Waals surface area contributed by atoms with E-state index in [9.17, 15) is 9.18 Å². The zero-order chi connectivity index (χ0) is 14.0. The van der Waals surface area contributed by atoms with Crippen LogP contribution >= 0.6 is 31.9 Å². The van der Waals surface area contributed by atoms with E-state index in [4.69, 9.17) is 0 Å². The second kappa shape index (κ2) is 5.84. The van der Waals surface area contributed by atoms with Gasteiger partial charge in [-0.25, -0.2) is 4.39 Å². The second-order valence-corrected chi connectivity index (χ2v) is 5.77. The molecule has 0 aliphatic carbocycles. The van der Waals surface area contributed by atoms with Crippen LogP contribution in [0.5, 0.6) is 0 Å². The number of amides is 1. The van der Waals surface area contributed by atoms with Gasteiger partial charge in [0, 0.05) is 8.95 Å². The van der Waals surface area contributed by atoms with Gasteiger partial charge in [0.1, 0.15) is 5.82 Å². The van der Waals surface area contributed by atoms with Gasteiger partial charge in [-0.05, 0) is 74.7 Å². The molecule has 2 aromatic rings. The van der Waals surface area contributed by atoms with Gasteiger partial charge >= 0.3 is 0 Å². The van der Waals surface area contributed by atoms with Crippen LogP contribution in [0.1, 0.15) is 15.9 Å². The van der Waals surface area contributed by atoms with Crippen molar-refractivity contribution in [2.24, 2.45) is 0 Å². The summed E-state index contributed by atoms with van der Waals surface area (Å²) in [5.41, 5.74) is 2.10. The first-order chi connectivity index (χ1) is 8.97. The molecule has 2 aromatic carbocycles. The fourth-order valence-corrected chi connectivity index (χ4v) is 2.47. The molecule has 2 rings (SSSR count). The highest BCUT2D eigenvalue weighted by atomic mass is 79.9. The van der Waals surface area contributed by atoms with Gasteiger partial charge < -0.3 is 5.32 Å². The summed E-state index contributed by atoms with van der Waals surface area (Å²) >= 11 is 6.56. The molecule has 0 heterocycles. The summed E-state index contributed by atoms with van der Waals surface area (Å²) in [7, 11) is 0. The number of anilines is 1. The molecule has 0 aliphatic heterocycles. The van der Waals surface area contributed by atoms with E-state index in [0.29, 0.717) is 15.7 Å². The third-order valence-electron chi connectivity index (χ3n) is 2.55. The smallest absolute Gasteiger partial charge is 0.256 e. The van der Waals surface area contributed by atoms with E-state index >= 15 is 0 Å². The van der Waals surface area contributed by atoms with E-state index in [1.165, 1.54) is 18.2 Å². The molecule has 0 spiro atoms. The molecule has 0 fully saturated rings. The zero-order valence-corrected chi connectivity index (χ0v) is 13.2. The summed E-state index contributed by atoms with van der Waals surface area (Å²) in [6.07, 6.45) is 0. The van der Waals surface area contributed by atoms with E-state index in [2.05, 4.69) is 37.2 Å². The molecule has 1 amide bonds. The van der Waals surface area contributed by atoms with E-state index in [0.717, 1.165) is 10.0 Å². The molecule has 0 saturated heterocycles. The Labute approximate surface area is 127 Å². The summed E-state index contributed by atoms with van der Waals surface area (Å²) in [6, 6.07) is 9.63. The van der Waals surface area contributed by atoms with Crippen LogP contribution in [0.25, 0.3) is 0 Å². The van der Waals surface area contributed by atoms with Gasteiger partial charge in [0.2, 0.25) is 0 Å². The van der Waals surface area contributed by atoms with Crippen LogP contribution < -0.4 is 5.32 Å². The third-order valence-corrected chi connectivity index (χ3v) is 3.89. The topological polar surface area (TPSA) is 29.1 Å². The van der Waals surface area contributed by atoms with Gasteiger partial charge in [-0.1, -0.05) is 6.07 Å². The van der Waals surface area contributed by atoms with Crippen molar-refractivity contribution in [2.75, 3.05) is 5.32 Å². The Hall–Kier alpha value is -1.20. The van der Waals surface area contributed by atoms with Crippen molar-refractivity contribution in [1.29, 1.82) is 0 Å². The minimum atomic E-state index is -0.389. The van der Waals surface area contributed by atoms with Gasteiger partial charge in [0.25, 0.3) is 5.91 Å². The molecule has 0 radical (unpaired) electrons. The Balaban J connectivity index is 2.28. The van der Waals surface area contributed by atoms with Crippen molar-refractivity contribution < 1.29 is 9.18 Å². The fraction of sp³-hybridized carbons (Fsp3) is 0.0714. The minimum Gasteiger partial charge on any atom is -0.321 e. The SMILES string of the molecule is Cc1ccc(Br)c(NC(=O)c2ccc(F)cc2Br)c1. The molecular weight excluding hydrogens is 377 g/mol. The van der Waals surface area contributed by atoms with Crippen molar-refractivity contribution in [3.05, 3.63) is 62.3 Å². The minimum absolute atomic E-state index is 0.293. The number of aryl methyl sites for hydroxylation is 1. The van der Waals surface area contributed by atoms with Crippen molar-refractivity contribution in [1.82, 2.24) is 0 Å². The predicted octanol–water partition coefficient (Wildman–Crippen LogP) is 4.91. The zero-order valence-electron chi connectivity index (χ0n) is 10.0. The Kier molecular flexibility index (Phi) is 4.37. The van der Waals surface area contributed by atoms with Crippen LogP contribution in [-0.4, -0.2) is 5.91 Å². The maximum absolute atomic E-state index is 13.0. The maximum Gasteiger partial charge on any atom is 0.256 e. The van der Waals surface area contributed by atoms with Crippen molar-refractivity contribution in [2.45, 2.75) is 6.92 Å². The van der Waals surface area contributed by atoms with Gasteiger partial charge in [-0.15, -0.1) is 0 Å². The van der Waals surface area contributed by atoms with Crippen molar-refractivity contribution >= 4 is 43.5 Å². The lowest BCUT2D eigenvalue weighted by molar-refractivity contribution is 0.102. The molecule has 98 valence electrons. The number of carbonyl (C=O) groups excluding carboxylic acids is 1. The summed E-state index contributed by atoms with van der Waals surface area (Å²) in [4.78, 5) is 12.1. The highest BCUT2D eigenvalue weighted by molar-refractivity contribution is 9.11. The number of hydrogen-bond donors (Lipinski definition) is 1. The van der Waals surface area contributed by atoms with Gasteiger partial charge in [-0.3, -0.25) is 4.79 Å². The number of hydrogen-bond acceptors (Lipinski definition) is 1. The van der Waals surface area contributed by atoms with E-state index in [1.54, 1.807) is 0 Å². The average molecular weight is 387 g/mol. The summed E-state index contributed by atoms with van der Waals surface area (Å²) in [5, 5.41) is 2.79. The van der Waals surface area contributed by atoms with Crippen LogP contribution in [0.3, 0.4) is 0 Å². The van der Waals surface area contributed by atoms with Crippen LogP contribution in [0.4, 0.5) is 10.1 Å². The number of halogens is 3. The Morgan fingerprint density at radius 1 is 1.11 bits per heavy atom. The lowest BCUT2D eigenvalue weighted by atomic mass is 10.2. The first-order valence-electron chi connectivity index (χ1n) is 5.50.